The molecule has 1 aromatic heterocycles. The van der Waals surface area contributed by atoms with Gasteiger partial charge in [-0.1, -0.05) is 6.42 Å². The molecule has 0 radical (unpaired) electrons. The van der Waals surface area contributed by atoms with Crippen LogP contribution in [0.4, 0.5) is 0 Å². The molecule has 60 valence electrons. The number of nitrogens with zero attached hydrogens (tertiary/aromatic N) is 2. The maximum atomic E-state index is 4.25. The molecule has 1 aliphatic rings. The van der Waals surface area contributed by atoms with Gasteiger partial charge in [0.1, 0.15) is 0 Å². The van der Waals surface area contributed by atoms with E-state index in [-0.39, 0.29) is 0 Å². The van der Waals surface area contributed by atoms with Gasteiger partial charge in [0.15, 0.2) is 0 Å². The standard InChI is InChI=1S/C8H11IN2/c9-8-4-10-11(6-8)5-7-2-1-3-7/h4,6-7H,1-3,5H2. The molecule has 1 saturated carbocycles. The highest BCUT2D eigenvalue weighted by Gasteiger charge is 2.17. The molecule has 0 aliphatic heterocycles. The Labute approximate surface area is 80.1 Å². The first-order valence-corrected chi connectivity index (χ1v) is 5.10. The lowest BCUT2D eigenvalue weighted by molar-refractivity contribution is 0.266. The van der Waals surface area contributed by atoms with Crippen molar-refractivity contribution in [2.75, 3.05) is 0 Å². The number of rotatable bonds is 2. The maximum Gasteiger partial charge on any atom is 0.0623 e. The van der Waals surface area contributed by atoms with Gasteiger partial charge in [-0.05, 0) is 41.4 Å². The molecule has 0 atom stereocenters. The summed E-state index contributed by atoms with van der Waals surface area (Å²) in [6.07, 6.45) is 8.24. The van der Waals surface area contributed by atoms with Crippen LogP contribution in [0.5, 0.6) is 0 Å². The molecule has 1 aliphatic carbocycles. The van der Waals surface area contributed by atoms with Gasteiger partial charge in [0.25, 0.3) is 0 Å². The summed E-state index contributed by atoms with van der Waals surface area (Å²) in [4.78, 5) is 0. The molecule has 0 saturated heterocycles. The minimum atomic E-state index is 0.908. The summed E-state index contributed by atoms with van der Waals surface area (Å²) >= 11 is 2.29. The van der Waals surface area contributed by atoms with Gasteiger partial charge in [-0.25, -0.2) is 0 Å². The van der Waals surface area contributed by atoms with Crippen molar-refractivity contribution >= 4 is 22.6 Å². The number of hydrogen-bond acceptors (Lipinski definition) is 1. The Morgan fingerprint density at radius 1 is 1.64 bits per heavy atom. The van der Waals surface area contributed by atoms with Crippen molar-refractivity contribution in [3.63, 3.8) is 0 Å². The number of aromatic nitrogens is 2. The molecule has 2 rings (SSSR count). The van der Waals surface area contributed by atoms with Crippen LogP contribution < -0.4 is 0 Å². The molecule has 0 bridgehead atoms. The average molecular weight is 262 g/mol. The summed E-state index contributed by atoms with van der Waals surface area (Å²) in [6, 6.07) is 0. The molecule has 1 fully saturated rings. The maximum absolute atomic E-state index is 4.25. The van der Waals surface area contributed by atoms with Crippen molar-refractivity contribution in [1.82, 2.24) is 9.78 Å². The smallest absolute Gasteiger partial charge is 0.0623 e. The van der Waals surface area contributed by atoms with Crippen LogP contribution in [0.3, 0.4) is 0 Å². The third-order valence-electron chi connectivity index (χ3n) is 2.27. The normalized spacial score (nSPS) is 18.3. The predicted octanol–water partition coefficient (Wildman–Crippen LogP) is 2.29. The molecule has 1 aromatic rings. The Kier molecular flexibility index (Phi) is 2.16. The van der Waals surface area contributed by atoms with Crippen molar-refractivity contribution in [1.29, 1.82) is 0 Å². The second-order valence-corrected chi connectivity index (χ2v) is 4.42. The monoisotopic (exact) mass is 262 g/mol. The third kappa shape index (κ3) is 1.75. The minimum absolute atomic E-state index is 0.908. The highest BCUT2D eigenvalue weighted by molar-refractivity contribution is 14.1. The van der Waals surface area contributed by atoms with Crippen molar-refractivity contribution in [3.8, 4) is 0 Å². The number of halogens is 1. The van der Waals surface area contributed by atoms with Gasteiger partial charge >= 0.3 is 0 Å². The molecule has 0 spiro atoms. The quantitative estimate of drug-likeness (QED) is 0.748. The first kappa shape index (κ1) is 7.58. The van der Waals surface area contributed by atoms with E-state index in [0.717, 1.165) is 12.5 Å². The zero-order valence-electron chi connectivity index (χ0n) is 6.33. The van der Waals surface area contributed by atoms with E-state index in [2.05, 4.69) is 38.6 Å². The Morgan fingerprint density at radius 3 is 2.91 bits per heavy atom. The van der Waals surface area contributed by atoms with Crippen LogP contribution in [-0.2, 0) is 6.54 Å². The van der Waals surface area contributed by atoms with Crippen LogP contribution in [0, 0.1) is 9.49 Å². The van der Waals surface area contributed by atoms with E-state index >= 15 is 0 Å². The zero-order chi connectivity index (χ0) is 7.68. The summed E-state index contributed by atoms with van der Waals surface area (Å²) in [6.45, 7) is 1.13. The molecule has 1 heterocycles. The summed E-state index contributed by atoms with van der Waals surface area (Å²) < 4.78 is 3.30. The fourth-order valence-corrected chi connectivity index (χ4v) is 1.82. The third-order valence-corrected chi connectivity index (χ3v) is 2.83. The van der Waals surface area contributed by atoms with E-state index in [4.69, 9.17) is 0 Å². The van der Waals surface area contributed by atoms with Gasteiger partial charge in [0.2, 0.25) is 0 Å². The van der Waals surface area contributed by atoms with Gasteiger partial charge < -0.3 is 0 Å². The molecule has 0 amide bonds. The molecule has 3 heteroatoms. The van der Waals surface area contributed by atoms with E-state index < -0.39 is 0 Å². The second-order valence-electron chi connectivity index (χ2n) is 3.18. The van der Waals surface area contributed by atoms with Gasteiger partial charge in [-0.2, -0.15) is 5.10 Å². The molecular formula is C8H11IN2. The van der Waals surface area contributed by atoms with Crippen molar-refractivity contribution in [3.05, 3.63) is 16.0 Å². The first-order valence-electron chi connectivity index (χ1n) is 4.02. The topological polar surface area (TPSA) is 17.8 Å². The lowest BCUT2D eigenvalue weighted by Gasteiger charge is -2.24. The average Bonchev–Trinajstić information content (AvgIpc) is 2.27. The Morgan fingerprint density at radius 2 is 2.45 bits per heavy atom. The predicted molar refractivity (Wildman–Crippen MR) is 52.3 cm³/mol. The van der Waals surface area contributed by atoms with Gasteiger partial charge in [-0.15, -0.1) is 0 Å². The highest BCUT2D eigenvalue weighted by Crippen LogP contribution is 2.27. The fraction of sp³-hybridized carbons (Fsp3) is 0.625. The van der Waals surface area contributed by atoms with Crippen LogP contribution in [0.1, 0.15) is 19.3 Å². The van der Waals surface area contributed by atoms with Crippen LogP contribution in [-0.4, -0.2) is 9.78 Å². The van der Waals surface area contributed by atoms with Crippen LogP contribution in [0.15, 0.2) is 12.4 Å². The van der Waals surface area contributed by atoms with E-state index in [1.165, 1.54) is 22.8 Å². The van der Waals surface area contributed by atoms with Crippen LogP contribution in [0.25, 0.3) is 0 Å². The molecule has 0 N–H and O–H groups in total. The first-order chi connectivity index (χ1) is 5.34. The van der Waals surface area contributed by atoms with Crippen LogP contribution in [0.2, 0.25) is 0 Å². The van der Waals surface area contributed by atoms with E-state index in [0.29, 0.717) is 0 Å². The largest absolute Gasteiger partial charge is 0.271 e. The second kappa shape index (κ2) is 3.13. The Bertz CT molecular complexity index is 240. The van der Waals surface area contributed by atoms with Crippen molar-refractivity contribution in [2.45, 2.75) is 25.8 Å². The van der Waals surface area contributed by atoms with Crippen molar-refractivity contribution in [2.24, 2.45) is 5.92 Å². The summed E-state index contributed by atoms with van der Waals surface area (Å²) in [5.41, 5.74) is 0. The summed E-state index contributed by atoms with van der Waals surface area (Å²) in [7, 11) is 0. The molecule has 2 nitrogen and oxygen atoms in total. The Hall–Kier alpha value is -0.0600. The molecule has 0 unspecified atom stereocenters. The van der Waals surface area contributed by atoms with Gasteiger partial charge in [0.05, 0.1) is 9.77 Å². The molecule has 0 aromatic carbocycles. The van der Waals surface area contributed by atoms with Crippen LogP contribution >= 0.6 is 22.6 Å². The van der Waals surface area contributed by atoms with E-state index in [1.54, 1.807) is 0 Å². The molecular weight excluding hydrogens is 251 g/mol. The summed E-state index contributed by atoms with van der Waals surface area (Å²) in [5.74, 6) is 0.908. The lowest BCUT2D eigenvalue weighted by Crippen LogP contribution is -2.18. The SMILES string of the molecule is Ic1cnn(CC2CCC2)c1. The van der Waals surface area contributed by atoms with Gasteiger partial charge in [-0.3, -0.25) is 4.68 Å². The van der Waals surface area contributed by atoms with E-state index in [9.17, 15) is 0 Å². The minimum Gasteiger partial charge on any atom is -0.271 e. The van der Waals surface area contributed by atoms with Gasteiger partial charge in [0, 0.05) is 12.7 Å². The number of hydrogen-bond donors (Lipinski definition) is 0. The highest BCUT2D eigenvalue weighted by atomic mass is 127. The lowest BCUT2D eigenvalue weighted by atomic mass is 9.85. The summed E-state index contributed by atoms with van der Waals surface area (Å²) in [5, 5.41) is 4.25. The van der Waals surface area contributed by atoms with E-state index in [1.807, 2.05) is 6.20 Å². The Balaban J connectivity index is 1.95. The fourth-order valence-electron chi connectivity index (χ4n) is 1.38. The molecule has 11 heavy (non-hydrogen) atoms. The van der Waals surface area contributed by atoms with Crippen molar-refractivity contribution < 1.29 is 0 Å². The zero-order valence-corrected chi connectivity index (χ0v) is 8.49.